The first-order valence-electron chi connectivity index (χ1n) is 6.32. The quantitative estimate of drug-likeness (QED) is 0.800. The molecule has 0 fully saturated rings. The number of rotatable bonds is 7. The van der Waals surface area contributed by atoms with Gasteiger partial charge in [-0.25, -0.2) is 4.98 Å². The molecule has 1 aromatic heterocycles. The zero-order valence-corrected chi connectivity index (χ0v) is 13.6. The summed E-state index contributed by atoms with van der Waals surface area (Å²) in [7, 11) is 0. The highest BCUT2D eigenvalue weighted by Crippen LogP contribution is 2.16. The SMILES string of the molecule is Cc1ncc(CNCC(O)COc2ccc(Br)cc2)s1. The lowest BCUT2D eigenvalue weighted by molar-refractivity contribution is 0.106. The van der Waals surface area contributed by atoms with Crippen LogP contribution in [-0.4, -0.2) is 29.3 Å². The molecule has 2 N–H and O–H groups in total. The number of benzene rings is 1. The molecule has 1 unspecified atom stereocenters. The Morgan fingerprint density at radius 3 is 2.80 bits per heavy atom. The monoisotopic (exact) mass is 356 g/mol. The fraction of sp³-hybridized carbons (Fsp3) is 0.357. The number of aromatic nitrogens is 1. The van der Waals surface area contributed by atoms with Crippen molar-refractivity contribution in [3.63, 3.8) is 0 Å². The molecule has 0 amide bonds. The maximum absolute atomic E-state index is 9.84. The van der Waals surface area contributed by atoms with Crippen molar-refractivity contribution < 1.29 is 9.84 Å². The van der Waals surface area contributed by atoms with Gasteiger partial charge in [0.15, 0.2) is 0 Å². The van der Waals surface area contributed by atoms with Crippen molar-refractivity contribution >= 4 is 27.3 Å². The maximum atomic E-state index is 9.84. The Labute approximate surface area is 130 Å². The van der Waals surface area contributed by atoms with E-state index in [2.05, 4.69) is 26.2 Å². The number of nitrogens with zero attached hydrogens (tertiary/aromatic N) is 1. The van der Waals surface area contributed by atoms with Gasteiger partial charge in [-0.15, -0.1) is 11.3 Å². The number of ether oxygens (including phenoxy) is 1. The molecule has 108 valence electrons. The number of nitrogens with one attached hydrogen (secondary N) is 1. The third-order valence-electron chi connectivity index (χ3n) is 2.60. The van der Waals surface area contributed by atoms with Crippen molar-refractivity contribution in [3.8, 4) is 5.75 Å². The Hall–Kier alpha value is -0.950. The molecule has 0 bridgehead atoms. The fourth-order valence-electron chi connectivity index (χ4n) is 1.63. The zero-order valence-electron chi connectivity index (χ0n) is 11.2. The molecule has 1 aromatic carbocycles. The largest absolute Gasteiger partial charge is 0.491 e. The van der Waals surface area contributed by atoms with Gasteiger partial charge in [-0.1, -0.05) is 15.9 Å². The van der Waals surface area contributed by atoms with Crippen LogP contribution in [0.3, 0.4) is 0 Å². The van der Waals surface area contributed by atoms with Crippen molar-refractivity contribution in [1.82, 2.24) is 10.3 Å². The predicted molar refractivity (Wildman–Crippen MR) is 84.2 cm³/mol. The van der Waals surface area contributed by atoms with E-state index < -0.39 is 6.10 Å². The summed E-state index contributed by atoms with van der Waals surface area (Å²) in [6.45, 7) is 3.47. The van der Waals surface area contributed by atoms with Crippen molar-refractivity contribution in [1.29, 1.82) is 0 Å². The molecule has 4 nitrogen and oxygen atoms in total. The van der Waals surface area contributed by atoms with E-state index in [1.54, 1.807) is 11.3 Å². The van der Waals surface area contributed by atoms with E-state index >= 15 is 0 Å². The van der Waals surface area contributed by atoms with E-state index in [9.17, 15) is 5.11 Å². The van der Waals surface area contributed by atoms with Gasteiger partial charge in [-0.05, 0) is 31.2 Å². The van der Waals surface area contributed by atoms with Gasteiger partial charge in [0.25, 0.3) is 0 Å². The molecule has 20 heavy (non-hydrogen) atoms. The van der Waals surface area contributed by atoms with Gasteiger partial charge < -0.3 is 15.2 Å². The summed E-state index contributed by atoms with van der Waals surface area (Å²) in [5, 5.41) is 14.1. The number of aryl methyl sites for hydroxylation is 1. The third kappa shape index (κ3) is 5.20. The van der Waals surface area contributed by atoms with Crippen LogP contribution in [0.15, 0.2) is 34.9 Å². The Bertz CT molecular complexity index is 530. The Kier molecular flexibility index (Phi) is 5.97. The Morgan fingerprint density at radius 2 is 2.15 bits per heavy atom. The first kappa shape index (κ1) is 15.4. The van der Waals surface area contributed by atoms with Gasteiger partial charge >= 0.3 is 0 Å². The van der Waals surface area contributed by atoms with Crippen molar-refractivity contribution in [2.45, 2.75) is 19.6 Å². The standard InChI is InChI=1S/C14H17BrN2O2S/c1-10-17-8-14(20-10)7-16-6-12(18)9-19-13-4-2-11(15)3-5-13/h2-5,8,12,16,18H,6-7,9H2,1H3. The summed E-state index contributed by atoms with van der Waals surface area (Å²) in [5.74, 6) is 0.755. The van der Waals surface area contributed by atoms with Crippen LogP contribution in [0, 0.1) is 6.92 Å². The second-order valence-electron chi connectivity index (χ2n) is 4.40. The number of aliphatic hydroxyl groups is 1. The zero-order chi connectivity index (χ0) is 14.4. The lowest BCUT2D eigenvalue weighted by atomic mass is 10.3. The predicted octanol–water partition coefficient (Wildman–Crippen LogP) is 2.74. The van der Waals surface area contributed by atoms with Crippen LogP contribution in [0.4, 0.5) is 0 Å². The normalized spacial score (nSPS) is 12.3. The van der Waals surface area contributed by atoms with E-state index in [0.717, 1.165) is 21.8 Å². The third-order valence-corrected chi connectivity index (χ3v) is 4.05. The van der Waals surface area contributed by atoms with Crippen molar-refractivity contribution in [3.05, 3.63) is 44.8 Å². The summed E-state index contributed by atoms with van der Waals surface area (Å²) < 4.78 is 6.52. The Morgan fingerprint density at radius 1 is 1.40 bits per heavy atom. The fourth-order valence-corrected chi connectivity index (χ4v) is 2.66. The molecule has 0 aliphatic carbocycles. The lowest BCUT2D eigenvalue weighted by Gasteiger charge is -2.13. The molecule has 6 heteroatoms. The first-order valence-corrected chi connectivity index (χ1v) is 7.93. The first-order chi connectivity index (χ1) is 9.63. The molecule has 0 aliphatic heterocycles. The summed E-state index contributed by atoms with van der Waals surface area (Å²) in [4.78, 5) is 5.35. The van der Waals surface area contributed by atoms with Crippen LogP contribution in [0.1, 0.15) is 9.88 Å². The Balaban J connectivity index is 1.65. The highest BCUT2D eigenvalue weighted by Gasteiger charge is 2.06. The van der Waals surface area contributed by atoms with Crippen LogP contribution < -0.4 is 10.1 Å². The number of aliphatic hydroxyl groups excluding tert-OH is 1. The maximum Gasteiger partial charge on any atom is 0.119 e. The molecule has 0 radical (unpaired) electrons. The van der Waals surface area contributed by atoms with Crippen molar-refractivity contribution in [2.75, 3.05) is 13.2 Å². The summed E-state index contributed by atoms with van der Waals surface area (Å²) in [6, 6.07) is 7.55. The molecular formula is C14H17BrN2O2S. The van der Waals surface area contributed by atoms with E-state index in [4.69, 9.17) is 4.74 Å². The summed E-state index contributed by atoms with van der Waals surface area (Å²) >= 11 is 5.02. The minimum atomic E-state index is -0.535. The average molecular weight is 357 g/mol. The van der Waals surface area contributed by atoms with Crippen LogP contribution in [0.25, 0.3) is 0 Å². The van der Waals surface area contributed by atoms with Gasteiger partial charge in [0, 0.05) is 28.6 Å². The molecule has 1 atom stereocenters. The summed E-state index contributed by atoms with van der Waals surface area (Å²) in [5.41, 5.74) is 0. The highest BCUT2D eigenvalue weighted by molar-refractivity contribution is 9.10. The molecule has 0 saturated heterocycles. The molecule has 0 aliphatic rings. The van der Waals surface area contributed by atoms with E-state index in [1.165, 1.54) is 4.88 Å². The second-order valence-corrected chi connectivity index (χ2v) is 6.63. The van der Waals surface area contributed by atoms with Gasteiger partial charge in [-0.3, -0.25) is 0 Å². The smallest absolute Gasteiger partial charge is 0.119 e. The molecular weight excluding hydrogens is 340 g/mol. The van der Waals surface area contributed by atoms with E-state index in [1.807, 2.05) is 37.4 Å². The van der Waals surface area contributed by atoms with Gasteiger partial charge in [0.05, 0.1) is 5.01 Å². The lowest BCUT2D eigenvalue weighted by Crippen LogP contribution is -2.30. The topological polar surface area (TPSA) is 54.4 Å². The minimum Gasteiger partial charge on any atom is -0.491 e. The molecule has 2 aromatic rings. The van der Waals surface area contributed by atoms with Crippen LogP contribution in [-0.2, 0) is 6.54 Å². The van der Waals surface area contributed by atoms with E-state index in [-0.39, 0.29) is 6.61 Å². The van der Waals surface area contributed by atoms with E-state index in [0.29, 0.717) is 6.54 Å². The van der Waals surface area contributed by atoms with Gasteiger partial charge in [0.1, 0.15) is 18.5 Å². The van der Waals surface area contributed by atoms with Gasteiger partial charge in [0.2, 0.25) is 0 Å². The molecule has 1 heterocycles. The molecule has 2 rings (SSSR count). The average Bonchev–Trinajstić information content (AvgIpc) is 2.84. The minimum absolute atomic E-state index is 0.274. The summed E-state index contributed by atoms with van der Waals surface area (Å²) in [6.07, 6.45) is 1.32. The van der Waals surface area contributed by atoms with Crippen LogP contribution >= 0.6 is 27.3 Å². The molecule has 0 saturated carbocycles. The highest BCUT2D eigenvalue weighted by atomic mass is 79.9. The van der Waals surface area contributed by atoms with Gasteiger partial charge in [-0.2, -0.15) is 0 Å². The molecule has 0 spiro atoms. The number of thiazole rings is 1. The van der Waals surface area contributed by atoms with Crippen LogP contribution in [0.5, 0.6) is 5.75 Å². The van der Waals surface area contributed by atoms with Crippen molar-refractivity contribution in [2.24, 2.45) is 0 Å². The second kappa shape index (κ2) is 7.73. The number of halogens is 1. The van der Waals surface area contributed by atoms with Crippen LogP contribution in [0.2, 0.25) is 0 Å². The number of hydrogen-bond acceptors (Lipinski definition) is 5. The number of hydrogen-bond donors (Lipinski definition) is 2.